The van der Waals surface area contributed by atoms with Crippen LogP contribution in [-0.4, -0.2) is 35.8 Å². The average Bonchev–Trinajstić information content (AvgIpc) is 2.63. The second-order valence-corrected chi connectivity index (χ2v) is 6.17. The van der Waals surface area contributed by atoms with Gasteiger partial charge in [0.25, 0.3) is 10.2 Å². The van der Waals surface area contributed by atoms with E-state index in [-0.39, 0.29) is 12.1 Å². The lowest BCUT2D eigenvalue weighted by atomic mass is 10.3. The van der Waals surface area contributed by atoms with E-state index in [1.54, 1.807) is 20.2 Å². The summed E-state index contributed by atoms with van der Waals surface area (Å²) in [6.07, 6.45) is 1.67. The molecule has 17 heavy (non-hydrogen) atoms. The first-order valence-corrected chi connectivity index (χ1v) is 6.95. The van der Waals surface area contributed by atoms with Crippen molar-refractivity contribution in [2.24, 2.45) is 0 Å². The van der Waals surface area contributed by atoms with Crippen LogP contribution in [0.1, 0.15) is 38.3 Å². The Bertz CT molecular complexity index is 466. The summed E-state index contributed by atoms with van der Waals surface area (Å²) in [6, 6.07) is -0.465. The summed E-state index contributed by atoms with van der Waals surface area (Å²) in [7, 11) is -1.93. The van der Waals surface area contributed by atoms with E-state index in [0.717, 1.165) is 5.69 Å². The summed E-state index contributed by atoms with van der Waals surface area (Å²) < 4.78 is 27.7. The van der Waals surface area contributed by atoms with Gasteiger partial charge >= 0.3 is 0 Å². The molecule has 1 heterocycles. The molecule has 0 aliphatic carbocycles. The van der Waals surface area contributed by atoms with E-state index in [0.29, 0.717) is 5.82 Å². The van der Waals surface area contributed by atoms with Crippen LogP contribution in [0.3, 0.4) is 0 Å². The first-order chi connectivity index (χ1) is 7.74. The van der Waals surface area contributed by atoms with Crippen LogP contribution >= 0.6 is 0 Å². The van der Waals surface area contributed by atoms with Crippen LogP contribution in [0.5, 0.6) is 0 Å². The molecule has 0 amide bonds. The second-order valence-electron chi connectivity index (χ2n) is 4.41. The molecule has 2 N–H and O–H groups in total. The maximum Gasteiger partial charge on any atom is 0.280 e. The Labute approximate surface area is 103 Å². The maximum atomic E-state index is 11.9. The van der Waals surface area contributed by atoms with Gasteiger partial charge in [-0.3, -0.25) is 0 Å². The Hall–Kier alpha value is -0.920. The van der Waals surface area contributed by atoms with Crippen molar-refractivity contribution in [3.8, 4) is 0 Å². The van der Waals surface area contributed by atoms with Gasteiger partial charge in [-0.15, -0.1) is 0 Å². The zero-order valence-corrected chi connectivity index (χ0v) is 11.7. The minimum absolute atomic E-state index is 0.0852. The molecule has 1 aromatic heterocycles. The highest BCUT2D eigenvalue weighted by molar-refractivity contribution is 7.87. The summed E-state index contributed by atoms with van der Waals surface area (Å²) in [4.78, 5) is 7.11. The number of aryl methyl sites for hydroxylation is 1. The number of hydrogen-bond acceptors (Lipinski definition) is 3. The Balaban J connectivity index is 2.78. The third-order valence-corrected chi connectivity index (χ3v) is 4.40. The topological polar surface area (TPSA) is 78.1 Å². The van der Waals surface area contributed by atoms with Crippen LogP contribution in [0.4, 0.5) is 0 Å². The van der Waals surface area contributed by atoms with Gasteiger partial charge in [0.05, 0.1) is 6.04 Å². The van der Waals surface area contributed by atoms with Crippen LogP contribution in [-0.2, 0) is 10.2 Å². The number of aromatic nitrogens is 2. The minimum atomic E-state index is -3.47. The number of nitrogens with one attached hydrogen (secondary N) is 2. The standard InChI is InChI=1S/C10H20N4O2S/c1-7(2)14(5)17(15,16)13-9(4)10-11-6-8(3)12-10/h6-7,9,13H,1-5H3,(H,11,12). The third-order valence-electron chi connectivity index (χ3n) is 2.56. The van der Waals surface area contributed by atoms with E-state index in [1.807, 2.05) is 20.8 Å². The normalized spacial score (nSPS) is 14.5. The Morgan fingerprint density at radius 1 is 1.41 bits per heavy atom. The Kier molecular flexibility index (Phi) is 4.29. The van der Waals surface area contributed by atoms with Crippen molar-refractivity contribution in [3.05, 3.63) is 17.7 Å². The SMILES string of the molecule is Cc1cnc(C(C)NS(=O)(=O)N(C)C(C)C)[nH]1. The summed E-state index contributed by atoms with van der Waals surface area (Å²) in [5, 5.41) is 0. The van der Waals surface area contributed by atoms with Crippen LogP contribution in [0.25, 0.3) is 0 Å². The zero-order chi connectivity index (χ0) is 13.2. The molecule has 1 unspecified atom stereocenters. The molecular formula is C10H20N4O2S. The van der Waals surface area contributed by atoms with Gasteiger partial charge in [0.2, 0.25) is 0 Å². The molecule has 1 rings (SSSR count). The third kappa shape index (κ3) is 3.52. The fourth-order valence-electron chi connectivity index (χ4n) is 1.29. The molecule has 0 aliphatic heterocycles. The molecule has 0 aromatic carbocycles. The van der Waals surface area contributed by atoms with Gasteiger partial charge in [-0.1, -0.05) is 0 Å². The number of imidazole rings is 1. The van der Waals surface area contributed by atoms with E-state index in [1.165, 1.54) is 4.31 Å². The molecular weight excluding hydrogens is 240 g/mol. The molecule has 0 spiro atoms. The average molecular weight is 260 g/mol. The van der Waals surface area contributed by atoms with Crippen LogP contribution < -0.4 is 4.72 Å². The molecule has 6 nitrogen and oxygen atoms in total. The number of H-pyrrole nitrogens is 1. The van der Waals surface area contributed by atoms with Gasteiger partial charge in [-0.05, 0) is 27.7 Å². The summed E-state index contributed by atoms with van der Waals surface area (Å²) in [5.74, 6) is 0.614. The smallest absolute Gasteiger partial charge is 0.280 e. The van der Waals surface area contributed by atoms with Gasteiger partial charge in [0, 0.05) is 25.0 Å². The monoisotopic (exact) mass is 260 g/mol. The molecule has 0 saturated heterocycles. The zero-order valence-electron chi connectivity index (χ0n) is 10.9. The predicted octanol–water partition coefficient (Wildman–Crippen LogP) is 0.954. The van der Waals surface area contributed by atoms with Crippen LogP contribution in [0.15, 0.2) is 6.20 Å². The second kappa shape index (κ2) is 5.16. The van der Waals surface area contributed by atoms with E-state index < -0.39 is 10.2 Å². The lowest BCUT2D eigenvalue weighted by molar-refractivity contribution is 0.397. The number of aromatic amines is 1. The highest BCUT2D eigenvalue weighted by Crippen LogP contribution is 2.11. The van der Waals surface area contributed by atoms with Gasteiger partial charge in [0.15, 0.2) is 0 Å². The fourth-order valence-corrected chi connectivity index (χ4v) is 2.57. The predicted molar refractivity (Wildman–Crippen MR) is 66.7 cm³/mol. The van der Waals surface area contributed by atoms with Crippen molar-refractivity contribution in [2.75, 3.05) is 7.05 Å². The molecule has 98 valence electrons. The Morgan fingerprint density at radius 3 is 2.41 bits per heavy atom. The summed E-state index contributed by atoms with van der Waals surface area (Å²) in [6.45, 7) is 7.27. The van der Waals surface area contributed by atoms with E-state index in [4.69, 9.17) is 0 Å². The van der Waals surface area contributed by atoms with Gasteiger partial charge < -0.3 is 4.98 Å². The lowest BCUT2D eigenvalue weighted by Crippen LogP contribution is -2.43. The number of rotatable bonds is 5. The summed E-state index contributed by atoms with van der Waals surface area (Å²) >= 11 is 0. The summed E-state index contributed by atoms with van der Waals surface area (Å²) in [5.41, 5.74) is 0.906. The van der Waals surface area contributed by atoms with Crippen molar-refractivity contribution in [1.82, 2.24) is 19.0 Å². The van der Waals surface area contributed by atoms with E-state index >= 15 is 0 Å². The highest BCUT2D eigenvalue weighted by Gasteiger charge is 2.23. The fraction of sp³-hybridized carbons (Fsp3) is 0.700. The van der Waals surface area contributed by atoms with Gasteiger partial charge in [-0.25, -0.2) is 4.98 Å². The molecule has 0 radical (unpaired) electrons. The van der Waals surface area contributed by atoms with Gasteiger partial charge in [0.1, 0.15) is 5.82 Å². The number of nitrogens with zero attached hydrogens (tertiary/aromatic N) is 2. The largest absolute Gasteiger partial charge is 0.345 e. The molecule has 0 fully saturated rings. The quantitative estimate of drug-likeness (QED) is 0.827. The van der Waals surface area contributed by atoms with E-state index in [9.17, 15) is 8.42 Å². The molecule has 0 bridgehead atoms. The van der Waals surface area contributed by atoms with Crippen LogP contribution in [0, 0.1) is 6.92 Å². The number of hydrogen-bond donors (Lipinski definition) is 2. The first kappa shape index (κ1) is 14.1. The van der Waals surface area contributed by atoms with Crippen LogP contribution in [0.2, 0.25) is 0 Å². The molecule has 0 saturated carbocycles. The first-order valence-electron chi connectivity index (χ1n) is 5.51. The van der Waals surface area contributed by atoms with Crippen molar-refractivity contribution < 1.29 is 8.42 Å². The molecule has 0 aliphatic rings. The van der Waals surface area contributed by atoms with E-state index in [2.05, 4.69) is 14.7 Å². The highest BCUT2D eigenvalue weighted by atomic mass is 32.2. The van der Waals surface area contributed by atoms with Gasteiger partial charge in [-0.2, -0.15) is 17.4 Å². The minimum Gasteiger partial charge on any atom is -0.345 e. The lowest BCUT2D eigenvalue weighted by Gasteiger charge is -2.23. The van der Waals surface area contributed by atoms with Crippen molar-refractivity contribution in [2.45, 2.75) is 39.8 Å². The van der Waals surface area contributed by atoms with Crippen molar-refractivity contribution in [3.63, 3.8) is 0 Å². The maximum absolute atomic E-state index is 11.9. The van der Waals surface area contributed by atoms with Crippen molar-refractivity contribution in [1.29, 1.82) is 0 Å². The molecule has 1 aromatic rings. The Morgan fingerprint density at radius 2 is 2.00 bits per heavy atom. The van der Waals surface area contributed by atoms with Crippen molar-refractivity contribution >= 4 is 10.2 Å². The molecule has 1 atom stereocenters. The molecule has 7 heteroatoms.